The molecule has 2 aliphatic rings. The van der Waals surface area contributed by atoms with Gasteiger partial charge in [0.1, 0.15) is 0 Å². The van der Waals surface area contributed by atoms with Crippen molar-refractivity contribution in [3.05, 3.63) is 11.5 Å². The Balaban J connectivity index is 2.28. The number of carbonyl (C=O) groups excluding carboxylic acids is 1. The van der Waals surface area contributed by atoms with Gasteiger partial charge in [-0.2, -0.15) is 0 Å². The molecule has 84 valence electrons. The van der Waals surface area contributed by atoms with Gasteiger partial charge in [0.05, 0.1) is 0 Å². The predicted octanol–water partition coefficient (Wildman–Crippen LogP) is -2.46. The van der Waals surface area contributed by atoms with Crippen molar-refractivity contribution in [1.82, 2.24) is 8.43 Å². The molecule has 7 heteroatoms. The number of fused-ring (bicyclic) bond motifs is 1. The number of nitrogens with zero attached hydrogens (tertiary/aromatic N) is 2. The molecule has 2 N–H and O–H groups in total. The summed E-state index contributed by atoms with van der Waals surface area (Å²) in [6.45, 7) is 1.80. The molecule has 15 heavy (non-hydrogen) atoms. The molecule has 0 saturated carbocycles. The summed E-state index contributed by atoms with van der Waals surface area (Å²) in [5.41, 5.74) is 0.793. The molecule has 0 spiro atoms. The van der Waals surface area contributed by atoms with Crippen LogP contribution in [0.3, 0.4) is 0 Å². The first-order valence-corrected chi connectivity index (χ1v) is 6.24. The third-order valence-electron chi connectivity index (χ3n) is 2.24. The molecule has 2 rings (SSSR count). The number of hydrogen-bond donors (Lipinski definition) is 2. The molecule has 2 heterocycles. The molecule has 0 aliphatic carbocycles. The molecule has 2 aliphatic heterocycles. The Bertz CT molecular complexity index is 366. The van der Waals surface area contributed by atoms with Crippen molar-refractivity contribution in [3.63, 3.8) is 0 Å². The zero-order valence-electron chi connectivity index (χ0n) is 8.32. The Morgan fingerprint density at radius 2 is 2.47 bits per heavy atom. The Morgan fingerprint density at radius 1 is 1.73 bits per heavy atom. The zero-order chi connectivity index (χ0) is 11.0. The van der Waals surface area contributed by atoms with Crippen LogP contribution in [-0.2, 0) is 3.07 Å². The van der Waals surface area contributed by atoms with Crippen LogP contribution in [0.2, 0.25) is 0 Å². The summed E-state index contributed by atoms with van der Waals surface area (Å²) in [5.74, 6) is 0.598. The van der Waals surface area contributed by atoms with Crippen molar-refractivity contribution < 1.29 is 34.9 Å². The maximum absolute atomic E-state index is 11.5. The SMILES string of the molecule is CO[I-]N1C(=O)NC2CC(C)=C(O)N=C21. The summed E-state index contributed by atoms with van der Waals surface area (Å²) in [4.78, 5) is 15.5. The van der Waals surface area contributed by atoms with Crippen molar-refractivity contribution in [2.75, 3.05) is 7.11 Å². The van der Waals surface area contributed by atoms with Crippen LogP contribution in [0.4, 0.5) is 4.79 Å². The number of halogens is 1. The van der Waals surface area contributed by atoms with Gasteiger partial charge in [-0.05, 0) is 0 Å². The van der Waals surface area contributed by atoms with Crippen LogP contribution in [0.1, 0.15) is 13.3 Å². The van der Waals surface area contributed by atoms with E-state index in [4.69, 9.17) is 3.07 Å². The van der Waals surface area contributed by atoms with Crippen LogP contribution in [0.15, 0.2) is 16.4 Å². The fourth-order valence-electron chi connectivity index (χ4n) is 1.51. The standard InChI is InChI=1S/C8H11IN3O3/c1-4-3-5-6(11-7(4)13)12(9-15-2)8(14)10-5/h5,13H,3H2,1-2H3,(H,10,14)/q-1. The average Bonchev–Trinajstić information content (AvgIpc) is 2.46. The first kappa shape index (κ1) is 10.7. The van der Waals surface area contributed by atoms with Crippen molar-refractivity contribution in [2.24, 2.45) is 4.99 Å². The van der Waals surface area contributed by atoms with E-state index in [-0.39, 0.29) is 18.0 Å². The van der Waals surface area contributed by atoms with E-state index in [1.807, 2.05) is 0 Å². The normalized spacial score (nSPS) is 25.5. The summed E-state index contributed by atoms with van der Waals surface area (Å²) in [7, 11) is 1.55. The van der Waals surface area contributed by atoms with Gasteiger partial charge < -0.3 is 0 Å². The topological polar surface area (TPSA) is 74.2 Å². The van der Waals surface area contributed by atoms with Crippen molar-refractivity contribution >= 4 is 11.9 Å². The van der Waals surface area contributed by atoms with E-state index in [9.17, 15) is 9.90 Å². The van der Waals surface area contributed by atoms with Crippen molar-refractivity contribution in [3.8, 4) is 0 Å². The molecular formula is C8H11IN3O3-. The molecule has 1 unspecified atom stereocenters. The fourth-order valence-corrected chi connectivity index (χ4v) is 2.87. The number of aliphatic hydroxyl groups is 1. The first-order valence-electron chi connectivity index (χ1n) is 4.39. The van der Waals surface area contributed by atoms with Crippen molar-refractivity contribution in [1.29, 1.82) is 0 Å². The molecule has 0 aromatic rings. The number of aliphatic hydroxyl groups excluding tert-OH is 1. The van der Waals surface area contributed by atoms with Gasteiger partial charge in [0.15, 0.2) is 0 Å². The van der Waals surface area contributed by atoms with Gasteiger partial charge in [-0.3, -0.25) is 0 Å². The van der Waals surface area contributed by atoms with Crippen LogP contribution in [0, 0.1) is 0 Å². The number of aliphatic imine (C=N–C) groups is 1. The molecule has 0 aromatic carbocycles. The Morgan fingerprint density at radius 3 is 3.13 bits per heavy atom. The van der Waals surface area contributed by atoms with Gasteiger partial charge in [-0.25, -0.2) is 0 Å². The van der Waals surface area contributed by atoms with Gasteiger partial charge in [0.2, 0.25) is 0 Å². The number of amidine groups is 1. The number of carbonyl (C=O) groups is 1. The van der Waals surface area contributed by atoms with E-state index in [1.165, 1.54) is 3.11 Å². The van der Waals surface area contributed by atoms with Gasteiger partial charge in [0, 0.05) is 0 Å². The Hall–Kier alpha value is -0.830. The number of amides is 2. The van der Waals surface area contributed by atoms with E-state index in [0.29, 0.717) is 12.3 Å². The second-order valence-electron chi connectivity index (χ2n) is 3.28. The molecule has 0 radical (unpaired) electrons. The minimum absolute atomic E-state index is 0.0165. The van der Waals surface area contributed by atoms with E-state index < -0.39 is 21.9 Å². The van der Waals surface area contributed by atoms with Gasteiger partial charge in [-0.15, -0.1) is 0 Å². The summed E-state index contributed by atoms with van der Waals surface area (Å²) in [5, 5.41) is 12.3. The Kier molecular flexibility index (Phi) is 2.83. The van der Waals surface area contributed by atoms with Crippen LogP contribution in [0.25, 0.3) is 0 Å². The summed E-state index contributed by atoms with van der Waals surface area (Å²) >= 11 is -0.839. The molecule has 1 atom stereocenters. The molecule has 2 amide bonds. The molecule has 0 bridgehead atoms. The number of urea groups is 1. The van der Waals surface area contributed by atoms with E-state index >= 15 is 0 Å². The maximum atomic E-state index is 11.5. The third kappa shape index (κ3) is 1.81. The van der Waals surface area contributed by atoms with Gasteiger partial charge in [0.25, 0.3) is 0 Å². The summed E-state index contributed by atoms with van der Waals surface area (Å²) in [6.07, 6.45) is 0.611. The van der Waals surface area contributed by atoms with Gasteiger partial charge >= 0.3 is 98.1 Å². The zero-order valence-corrected chi connectivity index (χ0v) is 10.5. The molecule has 1 fully saturated rings. The van der Waals surface area contributed by atoms with E-state index in [2.05, 4.69) is 10.3 Å². The monoisotopic (exact) mass is 324 g/mol. The fraction of sp³-hybridized carbons (Fsp3) is 0.500. The van der Waals surface area contributed by atoms with Crippen LogP contribution >= 0.6 is 0 Å². The van der Waals surface area contributed by atoms with E-state index in [0.717, 1.165) is 5.57 Å². The second-order valence-corrected chi connectivity index (χ2v) is 5.52. The quantitative estimate of drug-likeness (QED) is 0.437. The van der Waals surface area contributed by atoms with Crippen molar-refractivity contribution in [2.45, 2.75) is 19.4 Å². The Labute approximate surface area is 98.2 Å². The molecular weight excluding hydrogens is 313 g/mol. The number of rotatable bonds is 2. The summed E-state index contributed by atoms with van der Waals surface area (Å²) in [6, 6.07) is -0.292. The predicted molar refractivity (Wildman–Crippen MR) is 48.5 cm³/mol. The minimum atomic E-state index is -0.839. The second kappa shape index (κ2) is 3.97. The van der Waals surface area contributed by atoms with E-state index in [1.54, 1.807) is 14.0 Å². The van der Waals surface area contributed by atoms with Crippen LogP contribution in [-0.4, -0.2) is 33.2 Å². The summed E-state index contributed by atoms with van der Waals surface area (Å²) < 4.78 is 6.50. The molecule has 0 aromatic heterocycles. The number of hydrogen-bond acceptors (Lipinski definition) is 4. The molecule has 6 nitrogen and oxygen atoms in total. The first-order chi connectivity index (χ1) is 7.13. The van der Waals surface area contributed by atoms with Gasteiger partial charge in [-0.1, -0.05) is 0 Å². The average molecular weight is 324 g/mol. The molecule has 1 saturated heterocycles. The van der Waals surface area contributed by atoms with Crippen LogP contribution in [0.5, 0.6) is 0 Å². The third-order valence-corrected chi connectivity index (χ3v) is 3.96. The van der Waals surface area contributed by atoms with Crippen LogP contribution < -0.4 is 27.2 Å². The number of nitrogens with one attached hydrogen (secondary N) is 1.